The molecule has 0 saturated heterocycles. The number of nitrogens with one attached hydrogen (secondary N) is 1. The van der Waals surface area contributed by atoms with E-state index in [2.05, 4.69) is 5.32 Å². The lowest BCUT2D eigenvalue weighted by molar-refractivity contribution is -0.140. The summed E-state index contributed by atoms with van der Waals surface area (Å²) in [7, 11) is 3.35. The van der Waals surface area contributed by atoms with Crippen LogP contribution in [0.1, 0.15) is 32.1 Å². The Hall–Kier alpha value is -1.10. The highest BCUT2D eigenvalue weighted by molar-refractivity contribution is 5.84. The van der Waals surface area contributed by atoms with Crippen LogP contribution in [0.5, 0.6) is 0 Å². The van der Waals surface area contributed by atoms with Crippen LogP contribution >= 0.6 is 0 Å². The van der Waals surface area contributed by atoms with Crippen molar-refractivity contribution < 1.29 is 9.59 Å². The summed E-state index contributed by atoms with van der Waals surface area (Å²) in [5.41, 5.74) is 5.40. The molecule has 0 aromatic heterocycles. The molecule has 1 saturated carbocycles. The zero-order chi connectivity index (χ0) is 12.9. The van der Waals surface area contributed by atoms with Crippen molar-refractivity contribution in [2.75, 3.05) is 27.2 Å². The quantitative estimate of drug-likeness (QED) is 0.717. The smallest absolute Gasteiger partial charge is 0.229 e. The van der Waals surface area contributed by atoms with E-state index in [1.54, 1.807) is 19.0 Å². The van der Waals surface area contributed by atoms with Gasteiger partial charge in [0.1, 0.15) is 0 Å². The Balaban J connectivity index is 2.53. The zero-order valence-corrected chi connectivity index (χ0v) is 10.8. The summed E-state index contributed by atoms with van der Waals surface area (Å²) in [6.07, 6.45) is 4.26. The first-order chi connectivity index (χ1) is 8.05. The van der Waals surface area contributed by atoms with Crippen molar-refractivity contribution in [3.8, 4) is 0 Å². The summed E-state index contributed by atoms with van der Waals surface area (Å²) in [6, 6.07) is 0. The van der Waals surface area contributed by atoms with Gasteiger partial charge in [-0.3, -0.25) is 9.59 Å². The van der Waals surface area contributed by atoms with Crippen LogP contribution in [-0.4, -0.2) is 43.9 Å². The summed E-state index contributed by atoms with van der Waals surface area (Å²) in [4.78, 5) is 25.1. The normalized spacial score (nSPS) is 17.8. The highest BCUT2D eigenvalue weighted by Gasteiger charge is 2.41. The summed E-state index contributed by atoms with van der Waals surface area (Å²) in [5, 5.41) is 2.55. The van der Waals surface area contributed by atoms with Crippen LogP contribution in [0.2, 0.25) is 0 Å². The summed E-state index contributed by atoms with van der Waals surface area (Å²) in [5.74, 6) is 0.0549. The maximum atomic E-state index is 12.3. The minimum absolute atomic E-state index is 0.0436. The molecule has 2 amide bonds. The topological polar surface area (TPSA) is 75.4 Å². The molecule has 1 fully saturated rings. The van der Waals surface area contributed by atoms with Gasteiger partial charge in [0, 0.05) is 33.6 Å². The molecule has 0 bridgehead atoms. The number of nitrogens with zero attached hydrogens (tertiary/aromatic N) is 1. The monoisotopic (exact) mass is 241 g/mol. The predicted octanol–water partition coefficient (Wildman–Crippen LogP) is 0.100. The first-order valence-electron chi connectivity index (χ1n) is 6.22. The standard InChI is InChI=1S/C12H23N3O2/c1-14-10(16)5-8-15(2)11(17)12(9-13)6-3-4-7-12/h3-9,13H2,1-2H3,(H,14,16). The number of hydrogen-bond acceptors (Lipinski definition) is 3. The summed E-state index contributed by atoms with van der Waals surface area (Å²) >= 11 is 0. The Morgan fingerprint density at radius 3 is 2.41 bits per heavy atom. The number of rotatable bonds is 5. The molecule has 3 N–H and O–H groups in total. The Morgan fingerprint density at radius 1 is 1.35 bits per heavy atom. The molecule has 17 heavy (non-hydrogen) atoms. The minimum atomic E-state index is -0.364. The molecule has 0 atom stereocenters. The van der Waals surface area contributed by atoms with E-state index in [9.17, 15) is 9.59 Å². The molecule has 5 heteroatoms. The Bertz CT molecular complexity index is 285. The second-order valence-corrected chi connectivity index (χ2v) is 4.84. The Morgan fingerprint density at radius 2 is 1.94 bits per heavy atom. The predicted molar refractivity (Wildman–Crippen MR) is 66.3 cm³/mol. The first-order valence-corrected chi connectivity index (χ1v) is 6.22. The average molecular weight is 241 g/mol. The molecule has 0 aromatic carbocycles. The van der Waals surface area contributed by atoms with Crippen molar-refractivity contribution in [1.29, 1.82) is 0 Å². The molecule has 0 unspecified atom stereocenters. The maximum absolute atomic E-state index is 12.3. The molecule has 0 heterocycles. The molecule has 1 aliphatic carbocycles. The SMILES string of the molecule is CNC(=O)CCN(C)C(=O)C1(CN)CCCC1. The van der Waals surface area contributed by atoms with Crippen molar-refractivity contribution in [2.24, 2.45) is 11.1 Å². The Labute approximate surface area is 103 Å². The third-order valence-corrected chi connectivity index (χ3v) is 3.70. The molecule has 0 radical (unpaired) electrons. The third kappa shape index (κ3) is 3.19. The molecule has 1 rings (SSSR count). The number of amides is 2. The van der Waals surface area contributed by atoms with Gasteiger partial charge in [0.15, 0.2) is 0 Å². The van der Waals surface area contributed by atoms with Crippen molar-refractivity contribution in [3.05, 3.63) is 0 Å². The fraction of sp³-hybridized carbons (Fsp3) is 0.833. The minimum Gasteiger partial charge on any atom is -0.359 e. The lowest BCUT2D eigenvalue weighted by atomic mass is 9.84. The number of carbonyl (C=O) groups is 2. The van der Waals surface area contributed by atoms with Crippen LogP contribution in [0.4, 0.5) is 0 Å². The van der Waals surface area contributed by atoms with Gasteiger partial charge in [-0.2, -0.15) is 0 Å². The van der Waals surface area contributed by atoms with Crippen LogP contribution in [0, 0.1) is 5.41 Å². The number of nitrogens with two attached hydrogens (primary N) is 1. The molecule has 0 aliphatic heterocycles. The van der Waals surface area contributed by atoms with Crippen LogP contribution in [0.3, 0.4) is 0 Å². The van der Waals surface area contributed by atoms with Gasteiger partial charge in [0.05, 0.1) is 5.41 Å². The van der Waals surface area contributed by atoms with Crippen LogP contribution in [0.15, 0.2) is 0 Å². The molecule has 1 aliphatic rings. The highest BCUT2D eigenvalue weighted by Crippen LogP contribution is 2.38. The van der Waals surface area contributed by atoms with Gasteiger partial charge in [0.2, 0.25) is 11.8 Å². The van der Waals surface area contributed by atoms with Gasteiger partial charge < -0.3 is 16.0 Å². The van der Waals surface area contributed by atoms with E-state index < -0.39 is 0 Å². The van der Waals surface area contributed by atoms with Gasteiger partial charge >= 0.3 is 0 Å². The zero-order valence-electron chi connectivity index (χ0n) is 10.8. The van der Waals surface area contributed by atoms with E-state index in [4.69, 9.17) is 5.73 Å². The van der Waals surface area contributed by atoms with Crippen molar-refractivity contribution in [2.45, 2.75) is 32.1 Å². The summed E-state index contributed by atoms with van der Waals surface area (Å²) in [6.45, 7) is 0.871. The van der Waals surface area contributed by atoms with Crippen molar-refractivity contribution in [1.82, 2.24) is 10.2 Å². The van der Waals surface area contributed by atoms with Gasteiger partial charge in [0.25, 0.3) is 0 Å². The van der Waals surface area contributed by atoms with Crippen LogP contribution in [0.25, 0.3) is 0 Å². The van der Waals surface area contributed by atoms with Gasteiger partial charge in [-0.25, -0.2) is 0 Å². The van der Waals surface area contributed by atoms with E-state index in [0.29, 0.717) is 19.5 Å². The highest BCUT2D eigenvalue weighted by atomic mass is 16.2. The second-order valence-electron chi connectivity index (χ2n) is 4.84. The van der Waals surface area contributed by atoms with E-state index in [1.807, 2.05) is 0 Å². The van der Waals surface area contributed by atoms with Gasteiger partial charge in [-0.1, -0.05) is 12.8 Å². The molecular formula is C12H23N3O2. The molecule has 5 nitrogen and oxygen atoms in total. The van der Waals surface area contributed by atoms with E-state index in [-0.39, 0.29) is 17.2 Å². The van der Waals surface area contributed by atoms with Gasteiger partial charge in [-0.05, 0) is 12.8 Å². The number of carbonyl (C=O) groups excluding carboxylic acids is 2. The lowest BCUT2D eigenvalue weighted by Crippen LogP contribution is -2.45. The second kappa shape index (κ2) is 6.00. The fourth-order valence-corrected chi connectivity index (χ4v) is 2.46. The van der Waals surface area contributed by atoms with E-state index >= 15 is 0 Å². The molecule has 98 valence electrons. The van der Waals surface area contributed by atoms with Crippen LogP contribution < -0.4 is 11.1 Å². The van der Waals surface area contributed by atoms with Crippen LogP contribution in [-0.2, 0) is 9.59 Å². The first kappa shape index (κ1) is 14.0. The average Bonchev–Trinajstić information content (AvgIpc) is 2.84. The molecular weight excluding hydrogens is 218 g/mol. The third-order valence-electron chi connectivity index (χ3n) is 3.70. The largest absolute Gasteiger partial charge is 0.359 e. The molecule has 0 aromatic rings. The molecule has 0 spiro atoms. The fourth-order valence-electron chi connectivity index (χ4n) is 2.46. The summed E-state index contributed by atoms with van der Waals surface area (Å²) < 4.78 is 0. The van der Waals surface area contributed by atoms with Gasteiger partial charge in [-0.15, -0.1) is 0 Å². The number of hydrogen-bond donors (Lipinski definition) is 2. The maximum Gasteiger partial charge on any atom is 0.229 e. The lowest BCUT2D eigenvalue weighted by Gasteiger charge is -2.31. The van der Waals surface area contributed by atoms with Crippen molar-refractivity contribution >= 4 is 11.8 Å². The van der Waals surface area contributed by atoms with E-state index in [0.717, 1.165) is 25.7 Å². The van der Waals surface area contributed by atoms with E-state index in [1.165, 1.54) is 0 Å². The Kier molecular flexibility index (Phi) is 4.93. The van der Waals surface area contributed by atoms with Crippen molar-refractivity contribution in [3.63, 3.8) is 0 Å².